The molecule has 10 nitrogen and oxygen atoms in total. The number of anilines is 1. The number of nitrogens with one attached hydrogen (secondary N) is 2. The van der Waals surface area contributed by atoms with Crippen molar-refractivity contribution in [3.05, 3.63) is 16.4 Å². The highest BCUT2D eigenvalue weighted by atomic mass is 16.5. The van der Waals surface area contributed by atoms with Gasteiger partial charge >= 0.3 is 5.76 Å². The zero-order valence-corrected chi connectivity index (χ0v) is 19.4. The fraction of sp³-hybridized carbons (Fsp3) is 0.652. The van der Waals surface area contributed by atoms with Gasteiger partial charge in [-0.2, -0.15) is 5.16 Å². The molecule has 0 saturated heterocycles. The Balaban J connectivity index is 1.61. The average molecular weight is 454 g/mol. The summed E-state index contributed by atoms with van der Waals surface area (Å²) >= 11 is 0. The quantitative estimate of drug-likeness (QED) is 0.516. The summed E-state index contributed by atoms with van der Waals surface area (Å²) in [4.78, 5) is 41.7. The molecular weight excluding hydrogens is 422 g/mol. The van der Waals surface area contributed by atoms with Gasteiger partial charge < -0.3 is 14.4 Å². The maximum absolute atomic E-state index is 12.6. The minimum absolute atomic E-state index is 0.105. The maximum atomic E-state index is 12.6. The molecule has 3 aromatic heterocycles. The number of nitrogens with zero attached hydrogens (tertiary/aromatic N) is 5. The van der Waals surface area contributed by atoms with E-state index in [1.54, 1.807) is 0 Å². The molecule has 2 N–H and O–H groups in total. The second kappa shape index (κ2) is 8.72. The zero-order valence-electron chi connectivity index (χ0n) is 19.4. The molecule has 2 aliphatic carbocycles. The summed E-state index contributed by atoms with van der Waals surface area (Å²) in [6.45, 7) is 6.71. The molecule has 0 aliphatic heterocycles. The van der Waals surface area contributed by atoms with Crippen LogP contribution in [0, 0.1) is 17.8 Å². The van der Waals surface area contributed by atoms with Crippen LogP contribution in [0.4, 0.5) is 5.82 Å². The molecule has 2 fully saturated rings. The summed E-state index contributed by atoms with van der Waals surface area (Å²) in [6, 6.07) is 0.209. The first-order valence-electron chi connectivity index (χ1n) is 12.0. The second-order valence-electron chi connectivity index (χ2n) is 9.85. The summed E-state index contributed by atoms with van der Waals surface area (Å²) in [5, 5.41) is 6.04. The number of rotatable bonds is 7. The molecule has 33 heavy (non-hydrogen) atoms. The van der Waals surface area contributed by atoms with Crippen LogP contribution in [0.2, 0.25) is 0 Å². The van der Waals surface area contributed by atoms with Crippen LogP contribution in [0.1, 0.15) is 76.3 Å². The lowest BCUT2D eigenvalue weighted by Crippen LogP contribution is -2.31. The van der Waals surface area contributed by atoms with Gasteiger partial charge in [-0.25, -0.2) is 19.7 Å². The highest BCUT2D eigenvalue weighted by Crippen LogP contribution is 2.35. The number of fused-ring (bicyclic) bond motifs is 1. The van der Waals surface area contributed by atoms with Crippen molar-refractivity contribution >= 4 is 22.8 Å². The number of H-pyrrole nitrogens is 1. The van der Waals surface area contributed by atoms with Gasteiger partial charge in [-0.1, -0.05) is 26.2 Å². The molecule has 0 unspecified atom stereocenters. The third-order valence-electron chi connectivity index (χ3n) is 7.37. The number of carbonyl (C=O) groups is 1. The van der Waals surface area contributed by atoms with E-state index in [9.17, 15) is 9.59 Å². The van der Waals surface area contributed by atoms with Crippen molar-refractivity contribution in [3.63, 3.8) is 0 Å². The van der Waals surface area contributed by atoms with E-state index in [1.165, 1.54) is 39.0 Å². The Kier molecular flexibility index (Phi) is 5.76. The van der Waals surface area contributed by atoms with Gasteiger partial charge in [-0.3, -0.25) is 4.79 Å². The number of imidazole rings is 1. The van der Waals surface area contributed by atoms with Crippen LogP contribution in [0.5, 0.6) is 0 Å². The normalized spacial score (nSPS) is 22.3. The number of hydrogen-bond donors (Lipinski definition) is 2. The molecule has 3 aromatic rings. The lowest BCUT2D eigenvalue weighted by atomic mass is 9.80. The first-order valence-corrected chi connectivity index (χ1v) is 12.0. The summed E-state index contributed by atoms with van der Waals surface area (Å²) in [5.41, 5.74) is 1.15. The molecule has 3 heterocycles. The van der Waals surface area contributed by atoms with E-state index in [0.29, 0.717) is 35.7 Å². The Morgan fingerprint density at radius 1 is 1.15 bits per heavy atom. The standard InChI is InChI=1S/C23H31N7O3/c1-12-7-9-15(10-8-12)11-30-17-18(24-13(2)16-5-4-6-16)25-20(21-28-23(32)33-29-21)26-19(17)27-22(30)14(3)31/h12-13,15-16H,4-11H2,1-3H3,(H,24,25,26)(H,28,29,32)/t12?,13-,15?/m1/s1. The van der Waals surface area contributed by atoms with E-state index in [4.69, 9.17) is 9.51 Å². The molecule has 0 bridgehead atoms. The molecule has 2 aliphatic rings. The van der Waals surface area contributed by atoms with Crippen molar-refractivity contribution in [2.75, 3.05) is 5.32 Å². The topological polar surface area (TPSA) is 132 Å². The van der Waals surface area contributed by atoms with Crippen LogP contribution >= 0.6 is 0 Å². The first-order chi connectivity index (χ1) is 15.9. The van der Waals surface area contributed by atoms with Gasteiger partial charge in [-0.15, -0.1) is 4.98 Å². The van der Waals surface area contributed by atoms with E-state index in [-0.39, 0.29) is 23.5 Å². The van der Waals surface area contributed by atoms with E-state index in [2.05, 4.69) is 39.3 Å². The third kappa shape index (κ3) is 4.30. The predicted molar refractivity (Wildman–Crippen MR) is 123 cm³/mol. The monoisotopic (exact) mass is 453 g/mol. The Morgan fingerprint density at radius 2 is 1.91 bits per heavy atom. The number of aromatic amines is 1. The van der Waals surface area contributed by atoms with Crippen molar-refractivity contribution in [3.8, 4) is 11.6 Å². The number of hydrogen-bond acceptors (Lipinski definition) is 8. The van der Waals surface area contributed by atoms with Crippen LogP contribution in [0.15, 0.2) is 9.32 Å². The van der Waals surface area contributed by atoms with Crippen LogP contribution in [-0.2, 0) is 6.54 Å². The van der Waals surface area contributed by atoms with Crippen molar-refractivity contribution in [2.24, 2.45) is 17.8 Å². The van der Waals surface area contributed by atoms with Crippen molar-refractivity contribution < 1.29 is 9.32 Å². The largest absolute Gasteiger partial charge is 0.460 e. The third-order valence-corrected chi connectivity index (χ3v) is 7.37. The minimum Gasteiger partial charge on any atom is -0.365 e. The fourth-order valence-electron chi connectivity index (χ4n) is 5.06. The van der Waals surface area contributed by atoms with Crippen molar-refractivity contribution in [1.29, 1.82) is 0 Å². The smallest absolute Gasteiger partial charge is 0.365 e. The number of ketones is 1. The molecule has 0 radical (unpaired) electrons. The fourth-order valence-corrected chi connectivity index (χ4v) is 5.06. The van der Waals surface area contributed by atoms with E-state index < -0.39 is 5.76 Å². The average Bonchev–Trinajstić information content (AvgIpc) is 3.32. The molecule has 0 aromatic carbocycles. The second-order valence-corrected chi connectivity index (χ2v) is 9.85. The summed E-state index contributed by atoms with van der Waals surface area (Å²) in [5.74, 6) is 2.33. The lowest BCUT2D eigenvalue weighted by Gasteiger charge is -2.32. The molecule has 176 valence electrons. The van der Waals surface area contributed by atoms with Gasteiger partial charge in [0.2, 0.25) is 11.6 Å². The first kappa shape index (κ1) is 21.8. The van der Waals surface area contributed by atoms with E-state index >= 15 is 0 Å². The SMILES string of the molecule is CC(=O)c1nc2nc(-c3nc(=O)o[nH]3)nc(N[C@H](C)C3CCC3)c2n1CC1CCC(C)CC1. The van der Waals surface area contributed by atoms with E-state index in [1.807, 2.05) is 4.57 Å². The van der Waals surface area contributed by atoms with Gasteiger partial charge in [0.1, 0.15) is 5.52 Å². The predicted octanol–water partition coefficient (Wildman–Crippen LogP) is 3.80. The molecule has 0 spiro atoms. The van der Waals surface area contributed by atoms with Gasteiger partial charge in [0, 0.05) is 19.5 Å². The van der Waals surface area contributed by atoms with Gasteiger partial charge in [0.05, 0.1) is 0 Å². The molecule has 1 atom stereocenters. The Morgan fingerprint density at radius 3 is 2.52 bits per heavy atom. The maximum Gasteiger partial charge on any atom is 0.460 e. The summed E-state index contributed by atoms with van der Waals surface area (Å²) in [7, 11) is 0. The van der Waals surface area contributed by atoms with Crippen LogP contribution in [0.3, 0.4) is 0 Å². The van der Waals surface area contributed by atoms with Crippen LogP contribution in [-0.4, -0.2) is 41.5 Å². The molecule has 2 saturated carbocycles. The highest BCUT2D eigenvalue weighted by molar-refractivity contribution is 5.96. The van der Waals surface area contributed by atoms with Crippen molar-refractivity contribution in [2.45, 2.75) is 78.3 Å². The molecule has 0 amide bonds. The lowest BCUT2D eigenvalue weighted by molar-refractivity contribution is 0.0998. The number of aromatic nitrogens is 6. The Hall–Kier alpha value is -3.04. The Bertz CT molecular complexity index is 1210. The number of carbonyl (C=O) groups excluding carboxylic acids is 1. The summed E-state index contributed by atoms with van der Waals surface area (Å²) < 4.78 is 6.72. The minimum atomic E-state index is -0.743. The van der Waals surface area contributed by atoms with Gasteiger partial charge in [0.15, 0.2) is 23.1 Å². The molecule has 5 rings (SSSR count). The van der Waals surface area contributed by atoms with Gasteiger partial charge in [-0.05, 0) is 50.4 Å². The van der Waals surface area contributed by atoms with Crippen LogP contribution in [0.25, 0.3) is 22.8 Å². The zero-order chi connectivity index (χ0) is 23.1. The Labute approximate surface area is 191 Å². The summed E-state index contributed by atoms with van der Waals surface area (Å²) in [6.07, 6.45) is 8.30. The van der Waals surface area contributed by atoms with Crippen LogP contribution < -0.4 is 11.1 Å². The molecular formula is C23H31N7O3. The number of Topliss-reactive ketones (excluding diaryl/α,β-unsaturated/α-hetero) is 1. The molecule has 10 heteroatoms. The highest BCUT2D eigenvalue weighted by Gasteiger charge is 2.29. The van der Waals surface area contributed by atoms with Crippen molar-refractivity contribution in [1.82, 2.24) is 29.7 Å². The van der Waals surface area contributed by atoms with E-state index in [0.717, 1.165) is 24.3 Å². The van der Waals surface area contributed by atoms with Gasteiger partial charge in [0.25, 0.3) is 0 Å².